The largest absolute Gasteiger partial charge is 0.331 e. The van der Waals surface area contributed by atoms with E-state index in [1.165, 1.54) is 21.2 Å². The van der Waals surface area contributed by atoms with Gasteiger partial charge in [0, 0.05) is 23.1 Å². The Morgan fingerprint density at radius 1 is 0.917 bits per heavy atom. The van der Waals surface area contributed by atoms with Gasteiger partial charge in [0.15, 0.2) is 5.82 Å². The lowest BCUT2D eigenvalue weighted by Crippen LogP contribution is -2.01. The lowest BCUT2D eigenvalue weighted by atomic mass is 10.1. The number of hydrogen-bond acceptors (Lipinski definition) is 4. The van der Waals surface area contributed by atoms with E-state index in [2.05, 4.69) is 49.9 Å². The van der Waals surface area contributed by atoms with Crippen LogP contribution in [0.3, 0.4) is 0 Å². The normalized spacial score (nSPS) is 13.8. The average Bonchev–Trinajstić information content (AvgIpc) is 3.12. The maximum Gasteiger partial charge on any atom is 0.227 e. The van der Waals surface area contributed by atoms with Gasteiger partial charge in [0.25, 0.3) is 0 Å². The molecule has 0 aliphatic carbocycles. The second-order valence-electron chi connectivity index (χ2n) is 5.60. The molecule has 0 spiro atoms. The molecule has 0 radical (unpaired) electrons. The van der Waals surface area contributed by atoms with E-state index >= 15 is 0 Å². The summed E-state index contributed by atoms with van der Waals surface area (Å²) >= 11 is 13.9. The van der Waals surface area contributed by atoms with Crippen LogP contribution in [0.4, 0.5) is 0 Å². The van der Waals surface area contributed by atoms with Crippen molar-refractivity contribution in [2.45, 2.75) is 11.6 Å². The molecule has 7 heteroatoms. The Morgan fingerprint density at radius 2 is 1.58 bits per heavy atom. The first-order chi connectivity index (χ1) is 11.7. The molecular weight excluding hydrogens is 363 g/mol. The van der Waals surface area contributed by atoms with Crippen molar-refractivity contribution < 1.29 is 0 Å². The highest BCUT2D eigenvalue weighted by Gasteiger charge is 2.25. The van der Waals surface area contributed by atoms with Gasteiger partial charge in [-0.1, -0.05) is 24.3 Å². The van der Waals surface area contributed by atoms with Crippen LogP contribution in [0.5, 0.6) is 0 Å². The molecule has 4 aromatic rings. The molecule has 0 unspecified atom stereocenters. The molecule has 2 aromatic heterocycles. The van der Waals surface area contributed by atoms with Crippen LogP contribution in [0.1, 0.15) is 0 Å². The van der Waals surface area contributed by atoms with Crippen LogP contribution in [0.2, 0.25) is 10.6 Å². The maximum atomic E-state index is 6.00. The third-order valence-electron chi connectivity index (χ3n) is 4.23. The van der Waals surface area contributed by atoms with Gasteiger partial charge in [-0.2, -0.15) is 15.0 Å². The topological polar surface area (TPSA) is 43.6 Å². The number of halogens is 2. The molecule has 0 amide bonds. The zero-order valence-corrected chi connectivity index (χ0v) is 14.7. The van der Waals surface area contributed by atoms with Crippen molar-refractivity contribution in [3.63, 3.8) is 0 Å². The summed E-state index contributed by atoms with van der Waals surface area (Å²) in [6, 6.07) is 12.8. The van der Waals surface area contributed by atoms with Gasteiger partial charge < -0.3 is 4.57 Å². The van der Waals surface area contributed by atoms with Crippen LogP contribution in [-0.2, 0) is 6.54 Å². The molecule has 0 saturated carbocycles. The maximum absolute atomic E-state index is 6.00. The Morgan fingerprint density at radius 3 is 2.29 bits per heavy atom. The van der Waals surface area contributed by atoms with Crippen molar-refractivity contribution in [1.29, 1.82) is 0 Å². The SMILES string of the molecule is Clc1nc(Cl)nc(-c2c3cc4ccccc4cc3c3n2CCS3)n1. The van der Waals surface area contributed by atoms with E-state index in [0.29, 0.717) is 5.82 Å². The predicted octanol–water partition coefficient (Wildman–Crippen LogP) is 5.06. The monoisotopic (exact) mass is 372 g/mol. The highest BCUT2D eigenvalue weighted by molar-refractivity contribution is 7.99. The minimum atomic E-state index is 0.111. The predicted molar refractivity (Wildman–Crippen MR) is 99.0 cm³/mol. The third kappa shape index (κ3) is 2.12. The Kier molecular flexibility index (Phi) is 3.23. The first kappa shape index (κ1) is 14.5. The Bertz CT molecular complexity index is 1100. The zero-order chi connectivity index (χ0) is 16.3. The zero-order valence-electron chi connectivity index (χ0n) is 12.3. The Hall–Kier alpha value is -1.82. The molecule has 0 saturated heterocycles. The van der Waals surface area contributed by atoms with Crippen LogP contribution in [0, 0.1) is 0 Å². The molecule has 0 N–H and O–H groups in total. The Balaban J connectivity index is 1.92. The van der Waals surface area contributed by atoms with E-state index < -0.39 is 0 Å². The van der Waals surface area contributed by atoms with E-state index in [1.807, 2.05) is 17.8 Å². The summed E-state index contributed by atoms with van der Waals surface area (Å²) in [4.78, 5) is 12.5. The molecular formula is C17H10Cl2N4S. The van der Waals surface area contributed by atoms with Gasteiger partial charge in [0.2, 0.25) is 10.6 Å². The van der Waals surface area contributed by atoms with E-state index in [9.17, 15) is 0 Å². The van der Waals surface area contributed by atoms with E-state index in [0.717, 1.165) is 23.4 Å². The number of aromatic nitrogens is 4. The van der Waals surface area contributed by atoms with Crippen molar-refractivity contribution in [3.8, 4) is 11.5 Å². The molecule has 2 aromatic carbocycles. The average molecular weight is 373 g/mol. The van der Waals surface area contributed by atoms with Crippen molar-refractivity contribution in [2.24, 2.45) is 0 Å². The van der Waals surface area contributed by atoms with Crippen LogP contribution < -0.4 is 0 Å². The minimum Gasteiger partial charge on any atom is -0.331 e. The second-order valence-corrected chi connectivity index (χ2v) is 7.36. The molecule has 1 aliphatic rings. The van der Waals surface area contributed by atoms with Gasteiger partial charge in [0.05, 0.1) is 10.7 Å². The fraction of sp³-hybridized carbons (Fsp3) is 0.118. The van der Waals surface area contributed by atoms with Crippen molar-refractivity contribution in [1.82, 2.24) is 19.5 Å². The molecule has 0 atom stereocenters. The van der Waals surface area contributed by atoms with Crippen LogP contribution in [-0.4, -0.2) is 25.3 Å². The summed E-state index contributed by atoms with van der Waals surface area (Å²) < 4.78 is 2.26. The number of thioether (sulfide) groups is 1. The number of hydrogen-bond donors (Lipinski definition) is 0. The molecule has 0 fully saturated rings. The van der Waals surface area contributed by atoms with Crippen LogP contribution in [0.15, 0.2) is 41.4 Å². The summed E-state index contributed by atoms with van der Waals surface area (Å²) in [5, 5.41) is 6.22. The number of rotatable bonds is 1. The third-order valence-corrected chi connectivity index (χ3v) is 5.67. The lowest BCUT2D eigenvalue weighted by Gasteiger charge is -2.06. The highest BCUT2D eigenvalue weighted by Crippen LogP contribution is 2.43. The number of nitrogens with zero attached hydrogens (tertiary/aromatic N) is 4. The van der Waals surface area contributed by atoms with Gasteiger partial charge in [-0.15, -0.1) is 11.8 Å². The smallest absolute Gasteiger partial charge is 0.227 e. The van der Waals surface area contributed by atoms with Gasteiger partial charge in [-0.3, -0.25) is 0 Å². The fourth-order valence-corrected chi connectivity index (χ4v) is 4.77. The fourth-order valence-electron chi connectivity index (χ4n) is 3.28. The van der Waals surface area contributed by atoms with E-state index in [1.54, 1.807) is 0 Å². The number of benzene rings is 2. The molecule has 0 bridgehead atoms. The van der Waals surface area contributed by atoms with Crippen LogP contribution in [0.25, 0.3) is 33.1 Å². The first-order valence-electron chi connectivity index (χ1n) is 7.46. The van der Waals surface area contributed by atoms with Gasteiger partial charge >= 0.3 is 0 Å². The van der Waals surface area contributed by atoms with E-state index in [4.69, 9.17) is 23.2 Å². The summed E-state index contributed by atoms with van der Waals surface area (Å²) in [5.74, 6) is 1.56. The molecule has 4 nitrogen and oxygen atoms in total. The number of fused-ring (bicyclic) bond motifs is 4. The first-order valence-corrected chi connectivity index (χ1v) is 9.20. The van der Waals surface area contributed by atoms with Gasteiger partial charge in [-0.25, -0.2) is 0 Å². The molecule has 1 aliphatic heterocycles. The standard InChI is InChI=1S/C17H10Cl2N4S/c18-16-20-14(21-17(19)22-16)13-11-7-9-3-1-2-4-10(9)8-12(11)15-23(13)5-6-24-15/h1-4,7-8H,5-6H2. The highest BCUT2D eigenvalue weighted by atomic mass is 35.5. The Labute approximate surface area is 151 Å². The molecule has 118 valence electrons. The molecule has 24 heavy (non-hydrogen) atoms. The summed E-state index contributed by atoms with van der Waals surface area (Å²) in [5.41, 5.74) is 0.960. The van der Waals surface area contributed by atoms with Crippen LogP contribution >= 0.6 is 35.0 Å². The van der Waals surface area contributed by atoms with Crippen molar-refractivity contribution in [2.75, 3.05) is 5.75 Å². The van der Waals surface area contributed by atoms with Crippen molar-refractivity contribution in [3.05, 3.63) is 47.0 Å². The summed E-state index contributed by atoms with van der Waals surface area (Å²) in [7, 11) is 0. The summed E-state index contributed by atoms with van der Waals surface area (Å²) in [6.07, 6.45) is 0. The lowest BCUT2D eigenvalue weighted by molar-refractivity contribution is 0.748. The quantitative estimate of drug-likeness (QED) is 0.468. The van der Waals surface area contributed by atoms with Gasteiger partial charge in [-0.05, 0) is 46.1 Å². The van der Waals surface area contributed by atoms with Gasteiger partial charge in [0.1, 0.15) is 0 Å². The van der Waals surface area contributed by atoms with E-state index in [-0.39, 0.29) is 10.6 Å². The minimum absolute atomic E-state index is 0.111. The second kappa shape index (κ2) is 5.34. The van der Waals surface area contributed by atoms with Crippen molar-refractivity contribution >= 4 is 56.5 Å². The molecule has 5 rings (SSSR count). The molecule has 3 heterocycles. The summed E-state index contributed by atoms with van der Waals surface area (Å²) in [6.45, 7) is 0.918.